The first kappa shape index (κ1) is 21.9. The summed E-state index contributed by atoms with van der Waals surface area (Å²) in [5.74, 6) is 0.502. The highest BCUT2D eigenvalue weighted by atomic mass is 32.2. The number of urea groups is 1. The Bertz CT molecular complexity index is 1170. The number of nitrogens with zero attached hydrogens (tertiary/aromatic N) is 2. The topological polar surface area (TPSA) is 130 Å². The van der Waals surface area contributed by atoms with Gasteiger partial charge in [0.2, 0.25) is 0 Å². The van der Waals surface area contributed by atoms with Crippen molar-refractivity contribution in [3.05, 3.63) is 42.1 Å². The number of nitrogens with one attached hydrogen (secondary N) is 3. The summed E-state index contributed by atoms with van der Waals surface area (Å²) in [5.41, 5.74) is 1.88. The van der Waals surface area contributed by atoms with Gasteiger partial charge in [-0.25, -0.2) is 19.3 Å². The van der Waals surface area contributed by atoms with Crippen molar-refractivity contribution < 1.29 is 22.7 Å². The first-order valence-corrected chi connectivity index (χ1v) is 11.7. The van der Waals surface area contributed by atoms with Gasteiger partial charge < -0.3 is 9.64 Å². The zero-order valence-electron chi connectivity index (χ0n) is 18.0. The summed E-state index contributed by atoms with van der Waals surface area (Å²) in [7, 11) is -4.19. The van der Waals surface area contributed by atoms with Crippen LogP contribution in [0, 0.1) is 0 Å². The third-order valence-electron chi connectivity index (χ3n) is 4.90. The number of carbonyl (C=O) groups is 2. The monoisotopic (exact) mass is 459 g/mol. The Kier molecular flexibility index (Phi) is 5.45. The van der Waals surface area contributed by atoms with E-state index < -0.39 is 21.9 Å². The molecular weight excluding hydrogens is 434 g/mol. The number of rotatable bonds is 5. The number of amides is 3. The Labute approximate surface area is 186 Å². The van der Waals surface area contributed by atoms with E-state index in [1.807, 2.05) is 16.9 Å². The molecule has 170 valence electrons. The third-order valence-corrected chi connectivity index (χ3v) is 5.84. The lowest BCUT2D eigenvalue weighted by atomic mass is 9.99. The predicted octanol–water partition coefficient (Wildman–Crippen LogP) is 3.44. The molecule has 2 heterocycles. The second-order valence-electron chi connectivity index (χ2n) is 8.77. The average molecular weight is 460 g/mol. The molecular formula is C21H25N5O5S. The number of hydrogen-bond acceptors (Lipinski definition) is 6. The molecule has 0 bridgehead atoms. The zero-order valence-corrected chi connectivity index (χ0v) is 18.8. The van der Waals surface area contributed by atoms with E-state index in [1.54, 1.807) is 50.1 Å². The molecule has 3 amide bonds. The van der Waals surface area contributed by atoms with Crippen molar-refractivity contribution in [2.24, 2.45) is 0 Å². The fourth-order valence-corrected chi connectivity index (χ4v) is 4.22. The first-order valence-electron chi connectivity index (χ1n) is 10.2. The Morgan fingerprint density at radius 3 is 2.69 bits per heavy atom. The van der Waals surface area contributed by atoms with Gasteiger partial charge in [0.05, 0.1) is 12.2 Å². The standard InChI is InChI=1S/C21H25N5O5S/c1-21(2,3)31-20(28)25-32(29,30)24-14-6-4-5-13(11-14)16-9-10-22-18-17(16)12-26(15-7-8-15)19(27)23-18/h4-6,9-11,15,24H,7-8,12H2,1-3H3,(H,25,28)(H,22,23,27). The van der Waals surface area contributed by atoms with Crippen LogP contribution < -0.4 is 14.8 Å². The van der Waals surface area contributed by atoms with Crippen molar-refractivity contribution >= 4 is 33.8 Å². The van der Waals surface area contributed by atoms with Crippen LogP contribution in [0.25, 0.3) is 11.1 Å². The fourth-order valence-electron chi connectivity index (χ4n) is 3.47. The minimum Gasteiger partial charge on any atom is -0.443 e. The maximum absolute atomic E-state index is 12.4. The van der Waals surface area contributed by atoms with Gasteiger partial charge in [0, 0.05) is 17.8 Å². The molecule has 0 unspecified atom stereocenters. The van der Waals surface area contributed by atoms with Crippen molar-refractivity contribution in [1.82, 2.24) is 14.6 Å². The van der Waals surface area contributed by atoms with Gasteiger partial charge in [0.15, 0.2) is 0 Å². The molecule has 3 N–H and O–H groups in total. The van der Waals surface area contributed by atoms with Gasteiger partial charge in [-0.15, -0.1) is 0 Å². The molecule has 0 atom stereocenters. The van der Waals surface area contributed by atoms with Crippen molar-refractivity contribution in [1.29, 1.82) is 0 Å². The molecule has 11 heteroatoms. The molecule has 4 rings (SSSR count). The van der Waals surface area contributed by atoms with Crippen LogP contribution in [-0.4, -0.2) is 42.1 Å². The van der Waals surface area contributed by atoms with Crippen LogP contribution in [0.2, 0.25) is 0 Å². The molecule has 2 aromatic rings. The van der Waals surface area contributed by atoms with E-state index in [0.717, 1.165) is 29.5 Å². The third kappa shape index (κ3) is 5.10. The number of benzene rings is 1. The SMILES string of the molecule is CC(C)(C)OC(=O)NS(=O)(=O)Nc1cccc(-c2ccnc3c2CN(C2CC2)C(=O)N3)c1. The lowest BCUT2D eigenvalue weighted by Gasteiger charge is -2.30. The van der Waals surface area contributed by atoms with Gasteiger partial charge >= 0.3 is 22.3 Å². The number of carbonyl (C=O) groups excluding carboxylic acids is 2. The van der Waals surface area contributed by atoms with Crippen LogP contribution >= 0.6 is 0 Å². The highest BCUT2D eigenvalue weighted by Gasteiger charge is 2.36. The molecule has 0 radical (unpaired) electrons. The summed E-state index contributed by atoms with van der Waals surface area (Å²) >= 11 is 0. The van der Waals surface area contributed by atoms with Crippen molar-refractivity contribution in [3.63, 3.8) is 0 Å². The van der Waals surface area contributed by atoms with Gasteiger partial charge in [0.25, 0.3) is 0 Å². The van der Waals surface area contributed by atoms with E-state index in [1.165, 1.54) is 0 Å². The average Bonchev–Trinajstić information content (AvgIpc) is 3.49. The number of hydrogen-bond donors (Lipinski definition) is 3. The largest absolute Gasteiger partial charge is 0.443 e. The van der Waals surface area contributed by atoms with Gasteiger partial charge in [-0.1, -0.05) is 12.1 Å². The van der Waals surface area contributed by atoms with Crippen LogP contribution in [0.1, 0.15) is 39.2 Å². The normalized spacial score (nSPS) is 16.1. The molecule has 2 aliphatic rings. The van der Waals surface area contributed by atoms with Crippen molar-refractivity contribution in [2.45, 2.75) is 51.8 Å². The summed E-state index contributed by atoms with van der Waals surface area (Å²) in [5, 5.41) is 2.84. The van der Waals surface area contributed by atoms with Crippen LogP contribution in [0.4, 0.5) is 21.1 Å². The number of ether oxygens (including phenoxy) is 1. The van der Waals surface area contributed by atoms with Gasteiger partial charge in [-0.2, -0.15) is 8.42 Å². The fraction of sp³-hybridized carbons (Fsp3) is 0.381. The van der Waals surface area contributed by atoms with E-state index in [2.05, 4.69) is 15.0 Å². The molecule has 1 aliphatic heterocycles. The Balaban J connectivity index is 1.56. The molecule has 1 aromatic carbocycles. The van der Waals surface area contributed by atoms with Crippen molar-refractivity contribution in [3.8, 4) is 11.1 Å². The molecule has 1 fully saturated rings. The lowest BCUT2D eigenvalue weighted by molar-refractivity contribution is 0.0570. The van der Waals surface area contributed by atoms with E-state index in [-0.39, 0.29) is 17.8 Å². The van der Waals surface area contributed by atoms with Crippen LogP contribution in [-0.2, 0) is 21.5 Å². The highest BCUT2D eigenvalue weighted by molar-refractivity contribution is 7.91. The Morgan fingerprint density at radius 2 is 2.00 bits per heavy atom. The van der Waals surface area contributed by atoms with Crippen LogP contribution in [0.5, 0.6) is 0 Å². The summed E-state index contributed by atoms with van der Waals surface area (Å²) in [4.78, 5) is 30.2. The minimum atomic E-state index is -4.19. The number of pyridine rings is 1. The number of fused-ring (bicyclic) bond motifs is 1. The zero-order chi connectivity index (χ0) is 23.1. The highest BCUT2D eigenvalue weighted by Crippen LogP contribution is 2.37. The number of anilines is 2. The summed E-state index contributed by atoms with van der Waals surface area (Å²) in [6.07, 6.45) is 2.50. The minimum absolute atomic E-state index is 0.153. The molecule has 10 nitrogen and oxygen atoms in total. The lowest BCUT2D eigenvalue weighted by Crippen LogP contribution is -2.40. The van der Waals surface area contributed by atoms with Crippen LogP contribution in [0.3, 0.4) is 0 Å². The maximum atomic E-state index is 12.4. The van der Waals surface area contributed by atoms with E-state index in [0.29, 0.717) is 12.4 Å². The second kappa shape index (κ2) is 7.97. The molecule has 1 aromatic heterocycles. The quantitative estimate of drug-likeness (QED) is 0.628. The smallest absolute Gasteiger partial charge is 0.422 e. The maximum Gasteiger partial charge on any atom is 0.422 e. The van der Waals surface area contributed by atoms with Gasteiger partial charge in [-0.3, -0.25) is 10.0 Å². The van der Waals surface area contributed by atoms with Gasteiger partial charge in [0.1, 0.15) is 11.4 Å². The summed E-state index contributed by atoms with van der Waals surface area (Å²) in [6, 6.07) is 8.69. The van der Waals surface area contributed by atoms with E-state index >= 15 is 0 Å². The Hall–Kier alpha value is -3.34. The van der Waals surface area contributed by atoms with E-state index in [4.69, 9.17) is 4.74 Å². The molecule has 0 saturated heterocycles. The number of aromatic nitrogens is 1. The van der Waals surface area contributed by atoms with E-state index in [9.17, 15) is 18.0 Å². The van der Waals surface area contributed by atoms with Crippen molar-refractivity contribution in [2.75, 3.05) is 10.0 Å². The molecule has 1 aliphatic carbocycles. The molecule has 0 spiro atoms. The second-order valence-corrected chi connectivity index (χ2v) is 10.2. The Morgan fingerprint density at radius 1 is 1.25 bits per heavy atom. The summed E-state index contributed by atoms with van der Waals surface area (Å²) in [6.45, 7) is 5.35. The van der Waals surface area contributed by atoms with Gasteiger partial charge in [-0.05, 0) is 62.9 Å². The van der Waals surface area contributed by atoms with Crippen LogP contribution in [0.15, 0.2) is 36.5 Å². The summed E-state index contributed by atoms with van der Waals surface area (Å²) < 4.78 is 33.9. The predicted molar refractivity (Wildman–Crippen MR) is 119 cm³/mol. The molecule has 32 heavy (non-hydrogen) atoms. The molecule has 1 saturated carbocycles. The first-order chi connectivity index (χ1) is 15.0.